The maximum Gasteiger partial charge on any atom is 0.0547 e. The van der Waals surface area contributed by atoms with E-state index >= 15 is 0 Å². The van der Waals surface area contributed by atoms with Crippen LogP contribution in [0.15, 0.2) is 182 Å². The monoisotopic (exact) mass is 628 g/mol. The zero-order chi connectivity index (χ0) is 33.0. The van der Waals surface area contributed by atoms with Crippen molar-refractivity contribution in [1.29, 1.82) is 0 Å². The molecule has 0 heterocycles. The smallest absolute Gasteiger partial charge is 0.0547 e. The van der Waals surface area contributed by atoms with Crippen LogP contribution in [-0.4, -0.2) is 0 Å². The van der Waals surface area contributed by atoms with Gasteiger partial charge in [-0.15, -0.1) is 0 Å². The summed E-state index contributed by atoms with van der Waals surface area (Å²) in [5.74, 6) is 0. The third-order valence-electron chi connectivity index (χ3n) is 10.2. The van der Waals surface area contributed by atoms with Crippen molar-refractivity contribution in [1.82, 2.24) is 0 Å². The van der Waals surface area contributed by atoms with Crippen molar-refractivity contribution in [2.24, 2.45) is 0 Å². The summed E-state index contributed by atoms with van der Waals surface area (Å²) in [7, 11) is 0. The summed E-state index contributed by atoms with van der Waals surface area (Å²) in [5.41, 5.74) is 12.1. The van der Waals surface area contributed by atoms with Gasteiger partial charge in [-0.1, -0.05) is 135 Å². The number of anilines is 6. The molecule has 1 aliphatic carbocycles. The summed E-state index contributed by atoms with van der Waals surface area (Å²) < 4.78 is 0. The van der Waals surface area contributed by atoms with Crippen LogP contribution in [0.5, 0.6) is 0 Å². The first kappa shape index (κ1) is 29.1. The minimum Gasteiger partial charge on any atom is -0.310 e. The fourth-order valence-corrected chi connectivity index (χ4v) is 7.89. The van der Waals surface area contributed by atoms with Gasteiger partial charge in [0, 0.05) is 38.9 Å². The SMILES string of the molecule is CC1(C)c2ccccc2-c2ccc(N(c3ccccc3)c3cccc4c3cc(N(c3ccccc3)c3ccccc3)c3ccccc34)cc21. The third kappa shape index (κ3) is 4.71. The molecule has 2 nitrogen and oxygen atoms in total. The molecule has 9 rings (SSSR count). The highest BCUT2D eigenvalue weighted by Gasteiger charge is 2.35. The lowest BCUT2D eigenvalue weighted by molar-refractivity contribution is 0.660. The van der Waals surface area contributed by atoms with E-state index in [1.165, 1.54) is 43.8 Å². The second-order valence-electron chi connectivity index (χ2n) is 13.4. The van der Waals surface area contributed by atoms with Crippen molar-refractivity contribution in [3.05, 3.63) is 193 Å². The average Bonchev–Trinajstić information content (AvgIpc) is 3.39. The van der Waals surface area contributed by atoms with Gasteiger partial charge < -0.3 is 9.80 Å². The van der Waals surface area contributed by atoms with Crippen LogP contribution in [0.1, 0.15) is 25.0 Å². The summed E-state index contributed by atoms with van der Waals surface area (Å²) in [5, 5.41) is 4.86. The van der Waals surface area contributed by atoms with Gasteiger partial charge >= 0.3 is 0 Å². The maximum atomic E-state index is 2.44. The van der Waals surface area contributed by atoms with E-state index in [4.69, 9.17) is 0 Å². The van der Waals surface area contributed by atoms with Gasteiger partial charge in [-0.05, 0) is 93.7 Å². The molecule has 0 saturated heterocycles. The molecule has 0 saturated carbocycles. The molecule has 0 amide bonds. The van der Waals surface area contributed by atoms with Crippen LogP contribution >= 0.6 is 0 Å². The number of para-hydroxylation sites is 3. The van der Waals surface area contributed by atoms with E-state index in [-0.39, 0.29) is 5.41 Å². The number of rotatable bonds is 6. The van der Waals surface area contributed by atoms with Crippen molar-refractivity contribution in [3.8, 4) is 11.1 Å². The zero-order valence-electron chi connectivity index (χ0n) is 27.7. The lowest BCUT2D eigenvalue weighted by Gasteiger charge is -2.31. The van der Waals surface area contributed by atoms with Gasteiger partial charge in [0.2, 0.25) is 0 Å². The molecular weight excluding hydrogens is 593 g/mol. The van der Waals surface area contributed by atoms with Crippen LogP contribution in [-0.2, 0) is 5.41 Å². The fraction of sp³-hybridized carbons (Fsp3) is 0.0638. The van der Waals surface area contributed by atoms with Gasteiger partial charge in [0.05, 0.1) is 11.4 Å². The lowest BCUT2D eigenvalue weighted by Crippen LogP contribution is -2.16. The summed E-state index contributed by atoms with van der Waals surface area (Å²) >= 11 is 0. The van der Waals surface area contributed by atoms with Crippen molar-refractivity contribution in [2.75, 3.05) is 9.80 Å². The molecule has 2 heteroatoms. The molecule has 0 bridgehead atoms. The van der Waals surface area contributed by atoms with E-state index in [1.54, 1.807) is 0 Å². The maximum absolute atomic E-state index is 2.44. The first-order valence-electron chi connectivity index (χ1n) is 17.0. The van der Waals surface area contributed by atoms with Crippen LogP contribution in [0, 0.1) is 0 Å². The minimum atomic E-state index is -0.0989. The van der Waals surface area contributed by atoms with Gasteiger partial charge in [0.15, 0.2) is 0 Å². The fourth-order valence-electron chi connectivity index (χ4n) is 7.89. The number of benzene rings is 8. The van der Waals surface area contributed by atoms with Gasteiger partial charge in [0.1, 0.15) is 0 Å². The highest BCUT2D eigenvalue weighted by Crippen LogP contribution is 2.51. The van der Waals surface area contributed by atoms with E-state index in [0.29, 0.717) is 0 Å². The van der Waals surface area contributed by atoms with Crippen LogP contribution in [0.2, 0.25) is 0 Å². The Bertz CT molecular complexity index is 2430. The molecule has 8 aromatic rings. The van der Waals surface area contributed by atoms with Gasteiger partial charge in [-0.25, -0.2) is 0 Å². The van der Waals surface area contributed by atoms with Gasteiger partial charge in [0.25, 0.3) is 0 Å². The normalized spacial score (nSPS) is 12.9. The Kier molecular flexibility index (Phi) is 6.84. The second-order valence-corrected chi connectivity index (χ2v) is 13.4. The summed E-state index contributed by atoms with van der Waals surface area (Å²) in [6.45, 7) is 4.71. The number of hydrogen-bond donors (Lipinski definition) is 0. The number of nitrogens with zero attached hydrogens (tertiary/aromatic N) is 2. The van der Waals surface area contributed by atoms with E-state index in [1.807, 2.05) is 0 Å². The second kappa shape index (κ2) is 11.5. The highest BCUT2D eigenvalue weighted by molar-refractivity contribution is 6.18. The molecule has 49 heavy (non-hydrogen) atoms. The summed E-state index contributed by atoms with van der Waals surface area (Å²) in [6, 6.07) is 66.1. The third-order valence-corrected chi connectivity index (χ3v) is 10.2. The van der Waals surface area contributed by atoms with Crippen molar-refractivity contribution in [2.45, 2.75) is 19.3 Å². The highest BCUT2D eigenvalue weighted by atomic mass is 15.2. The standard InChI is InChI=1S/C47H36N2/c1-47(2)43-27-15-14-24-39(43)40-30-29-36(31-44(40)47)49(35-21-10-5-11-22-35)45-28-16-26-38-37-23-12-13-25-41(37)46(32-42(38)45)48(33-17-6-3-7-18-33)34-19-8-4-9-20-34/h3-32H,1-2H3. The molecule has 0 atom stereocenters. The Hall–Kier alpha value is -6.12. The molecule has 8 aromatic carbocycles. The Morgan fingerprint density at radius 1 is 0.327 bits per heavy atom. The summed E-state index contributed by atoms with van der Waals surface area (Å²) in [6.07, 6.45) is 0. The molecule has 0 radical (unpaired) electrons. The molecule has 0 unspecified atom stereocenters. The van der Waals surface area contributed by atoms with Crippen molar-refractivity contribution < 1.29 is 0 Å². The Morgan fingerprint density at radius 2 is 0.816 bits per heavy atom. The Morgan fingerprint density at radius 3 is 1.47 bits per heavy atom. The Labute approximate surface area is 288 Å². The molecule has 0 spiro atoms. The van der Waals surface area contributed by atoms with Crippen LogP contribution < -0.4 is 9.80 Å². The molecule has 1 aliphatic rings. The topological polar surface area (TPSA) is 6.48 Å². The minimum absolute atomic E-state index is 0.0989. The average molecular weight is 629 g/mol. The van der Waals surface area contributed by atoms with E-state index in [0.717, 1.165) is 34.1 Å². The molecule has 0 aliphatic heterocycles. The number of fused-ring (bicyclic) bond motifs is 6. The van der Waals surface area contributed by atoms with Crippen molar-refractivity contribution >= 4 is 55.7 Å². The molecule has 0 aromatic heterocycles. The van der Waals surface area contributed by atoms with Crippen LogP contribution in [0.25, 0.3) is 32.7 Å². The molecule has 0 N–H and O–H groups in total. The van der Waals surface area contributed by atoms with E-state index < -0.39 is 0 Å². The quantitative estimate of drug-likeness (QED) is 0.169. The Balaban J connectivity index is 1.32. The van der Waals surface area contributed by atoms with E-state index in [2.05, 4.69) is 206 Å². The predicted molar refractivity (Wildman–Crippen MR) is 208 cm³/mol. The van der Waals surface area contributed by atoms with E-state index in [9.17, 15) is 0 Å². The largest absolute Gasteiger partial charge is 0.310 e. The van der Waals surface area contributed by atoms with Crippen molar-refractivity contribution in [3.63, 3.8) is 0 Å². The van der Waals surface area contributed by atoms with Crippen LogP contribution in [0.3, 0.4) is 0 Å². The molecule has 234 valence electrons. The first-order valence-corrected chi connectivity index (χ1v) is 17.0. The van der Waals surface area contributed by atoms with Gasteiger partial charge in [-0.3, -0.25) is 0 Å². The number of hydrogen-bond acceptors (Lipinski definition) is 2. The van der Waals surface area contributed by atoms with Gasteiger partial charge in [-0.2, -0.15) is 0 Å². The lowest BCUT2D eigenvalue weighted by atomic mass is 9.82. The molecule has 0 fully saturated rings. The first-order chi connectivity index (χ1) is 24.1. The predicted octanol–water partition coefficient (Wildman–Crippen LogP) is 13.2. The zero-order valence-corrected chi connectivity index (χ0v) is 27.7. The summed E-state index contributed by atoms with van der Waals surface area (Å²) in [4.78, 5) is 4.83. The molecular formula is C47H36N2. The van der Waals surface area contributed by atoms with Crippen LogP contribution in [0.4, 0.5) is 34.1 Å².